The van der Waals surface area contributed by atoms with E-state index in [-0.39, 0.29) is 12.2 Å². The molecule has 4 atom stereocenters. The van der Waals surface area contributed by atoms with Crippen molar-refractivity contribution in [1.82, 2.24) is 4.90 Å². The first kappa shape index (κ1) is 22.4. The minimum absolute atomic E-state index is 0.237. The second-order valence-electron chi connectivity index (χ2n) is 7.94. The van der Waals surface area contributed by atoms with Gasteiger partial charge in [-0.3, -0.25) is 9.05 Å². The summed E-state index contributed by atoms with van der Waals surface area (Å²) in [5, 5.41) is 0. The summed E-state index contributed by atoms with van der Waals surface area (Å²) in [6, 6.07) is 8.18. The number of hydrogen-bond donors (Lipinski definition) is 0. The van der Waals surface area contributed by atoms with E-state index in [1.54, 1.807) is 14.2 Å². The lowest BCUT2D eigenvalue weighted by molar-refractivity contribution is 0.0387. The van der Waals surface area contributed by atoms with Crippen LogP contribution in [0.3, 0.4) is 0 Å². The van der Waals surface area contributed by atoms with Crippen LogP contribution in [0.1, 0.15) is 39.5 Å². The zero-order chi connectivity index (χ0) is 20.8. The van der Waals surface area contributed by atoms with E-state index < -0.39 is 8.60 Å². The van der Waals surface area contributed by atoms with Gasteiger partial charge in [0.25, 0.3) is 0 Å². The molecule has 0 saturated carbocycles. The number of nitrogens with zero attached hydrogens (tertiary/aromatic N) is 1. The minimum atomic E-state index is -1.19. The molecule has 1 aromatic rings. The molecule has 1 aliphatic carbocycles. The molecule has 0 amide bonds. The van der Waals surface area contributed by atoms with Gasteiger partial charge in [-0.25, -0.2) is 0 Å². The Kier molecular flexibility index (Phi) is 8.19. The maximum Gasteiger partial charge on any atom is 0.397 e. The maximum absolute atomic E-state index is 5.98. The van der Waals surface area contributed by atoms with Gasteiger partial charge >= 0.3 is 8.60 Å². The smallest absolute Gasteiger partial charge is 0.397 e. The van der Waals surface area contributed by atoms with E-state index in [9.17, 15) is 0 Å². The van der Waals surface area contributed by atoms with Crippen LogP contribution in [0.4, 0.5) is 0 Å². The highest BCUT2D eigenvalue weighted by atomic mass is 31.2. The van der Waals surface area contributed by atoms with E-state index in [1.807, 2.05) is 24.3 Å². The molecule has 2 saturated heterocycles. The van der Waals surface area contributed by atoms with Gasteiger partial charge in [-0.05, 0) is 64.4 Å². The molecule has 6 nitrogen and oxygen atoms in total. The van der Waals surface area contributed by atoms with Gasteiger partial charge in [0.15, 0.2) is 11.5 Å². The van der Waals surface area contributed by atoms with Gasteiger partial charge in [-0.2, -0.15) is 0 Å². The summed E-state index contributed by atoms with van der Waals surface area (Å²) in [7, 11) is 4.27. The van der Waals surface area contributed by atoms with Crippen LogP contribution >= 0.6 is 8.60 Å². The highest BCUT2D eigenvalue weighted by molar-refractivity contribution is 7.41. The van der Waals surface area contributed by atoms with Crippen molar-refractivity contribution < 1.29 is 23.0 Å². The molecule has 162 valence electrons. The molecule has 4 rings (SSSR count). The van der Waals surface area contributed by atoms with Crippen LogP contribution in [0, 0.1) is 5.92 Å². The summed E-state index contributed by atoms with van der Waals surface area (Å²) >= 11 is 0. The first-order valence-corrected chi connectivity index (χ1v) is 11.5. The van der Waals surface area contributed by atoms with Crippen LogP contribution < -0.4 is 9.47 Å². The van der Waals surface area contributed by atoms with Crippen molar-refractivity contribution >= 4 is 8.60 Å². The van der Waals surface area contributed by atoms with Gasteiger partial charge in [0.2, 0.25) is 0 Å². The quantitative estimate of drug-likeness (QED) is 0.625. The molecule has 1 aromatic carbocycles. The number of para-hydroxylation sites is 2. The molecule has 3 aliphatic rings. The Morgan fingerprint density at radius 2 is 1.66 bits per heavy atom. The topological polar surface area (TPSA) is 49.4 Å². The lowest BCUT2D eigenvalue weighted by Gasteiger charge is -2.33. The van der Waals surface area contributed by atoms with E-state index in [4.69, 9.17) is 23.0 Å². The van der Waals surface area contributed by atoms with Crippen molar-refractivity contribution in [3.05, 3.63) is 36.1 Å². The molecule has 29 heavy (non-hydrogen) atoms. The molecular formula is C22H34NO5P. The highest BCUT2D eigenvalue weighted by Crippen LogP contribution is 2.50. The SMILES string of the molecule is CC1CC(C)OP(OC2=CCC3CCN(C)C3C2)O1.COc1ccccc1OC. The first-order chi connectivity index (χ1) is 14.0. The monoisotopic (exact) mass is 423 g/mol. The fourth-order valence-corrected chi connectivity index (χ4v) is 5.37. The predicted octanol–water partition coefficient (Wildman–Crippen LogP) is 5.15. The molecule has 7 heteroatoms. The van der Waals surface area contributed by atoms with Crippen molar-refractivity contribution in [1.29, 1.82) is 0 Å². The largest absolute Gasteiger partial charge is 0.493 e. The van der Waals surface area contributed by atoms with E-state index >= 15 is 0 Å². The van der Waals surface area contributed by atoms with Gasteiger partial charge < -0.3 is 18.9 Å². The number of allylic oxidation sites excluding steroid dienone is 1. The lowest BCUT2D eigenvalue weighted by Crippen LogP contribution is -2.32. The normalized spacial score (nSPS) is 31.8. The average Bonchev–Trinajstić information content (AvgIpc) is 3.08. The van der Waals surface area contributed by atoms with Gasteiger partial charge in [0.05, 0.1) is 26.4 Å². The summed E-state index contributed by atoms with van der Waals surface area (Å²) in [6.45, 7) is 5.40. The van der Waals surface area contributed by atoms with E-state index in [2.05, 4.69) is 31.9 Å². The van der Waals surface area contributed by atoms with Crippen molar-refractivity contribution in [3.8, 4) is 11.5 Å². The Bertz CT molecular complexity index is 652. The van der Waals surface area contributed by atoms with E-state index in [1.165, 1.54) is 13.0 Å². The van der Waals surface area contributed by atoms with Crippen LogP contribution in [0.25, 0.3) is 0 Å². The van der Waals surface area contributed by atoms with Gasteiger partial charge in [-0.1, -0.05) is 12.1 Å². The number of likely N-dealkylation sites (tertiary alicyclic amines) is 1. The fraction of sp³-hybridized carbons (Fsp3) is 0.636. The third-order valence-electron chi connectivity index (χ3n) is 5.70. The average molecular weight is 423 g/mol. The number of hydrogen-bond acceptors (Lipinski definition) is 6. The molecule has 0 N–H and O–H groups in total. The highest BCUT2D eigenvalue weighted by Gasteiger charge is 2.36. The lowest BCUT2D eigenvalue weighted by atomic mass is 9.89. The van der Waals surface area contributed by atoms with Crippen molar-refractivity contribution in [2.24, 2.45) is 5.92 Å². The Labute approximate surface area is 176 Å². The van der Waals surface area contributed by atoms with E-state index in [0.717, 1.165) is 42.4 Å². The molecule has 0 bridgehead atoms. The standard InChI is InChI=1S/C14H24NO3P.C8H10O2/c1-10-8-11(2)17-19(16-10)18-13-5-4-12-6-7-15(3)14(12)9-13;1-9-7-5-3-4-6-8(7)10-2/h5,10-12,14H,4,6-9H2,1-3H3;3-6H,1-2H3. The van der Waals surface area contributed by atoms with Crippen LogP contribution in [0.15, 0.2) is 36.1 Å². The van der Waals surface area contributed by atoms with Crippen molar-refractivity contribution in [2.45, 2.75) is 57.8 Å². The maximum atomic E-state index is 5.98. The van der Waals surface area contributed by atoms with Gasteiger partial charge in [0, 0.05) is 18.9 Å². The Hall–Kier alpha value is -1.33. The Morgan fingerprint density at radius 3 is 2.24 bits per heavy atom. The van der Waals surface area contributed by atoms with E-state index in [0.29, 0.717) is 6.04 Å². The van der Waals surface area contributed by atoms with Crippen LogP contribution in [-0.4, -0.2) is 51.0 Å². The third kappa shape index (κ3) is 6.08. The van der Waals surface area contributed by atoms with Crippen molar-refractivity contribution in [3.63, 3.8) is 0 Å². The molecule has 2 fully saturated rings. The number of benzene rings is 1. The number of fused-ring (bicyclic) bond motifs is 1. The predicted molar refractivity (Wildman–Crippen MR) is 115 cm³/mol. The second kappa shape index (κ2) is 10.6. The zero-order valence-corrected chi connectivity index (χ0v) is 19.1. The number of methoxy groups -OCH3 is 2. The fourth-order valence-electron chi connectivity index (χ4n) is 4.13. The molecule has 0 aromatic heterocycles. The second-order valence-corrected chi connectivity index (χ2v) is 9.00. The molecule has 2 heterocycles. The van der Waals surface area contributed by atoms with Crippen molar-refractivity contribution in [2.75, 3.05) is 27.8 Å². The summed E-state index contributed by atoms with van der Waals surface area (Å²) in [5.41, 5.74) is 0. The summed E-state index contributed by atoms with van der Waals surface area (Å²) < 4.78 is 27.5. The summed E-state index contributed by atoms with van der Waals surface area (Å²) in [6.07, 6.45) is 7.14. The third-order valence-corrected chi connectivity index (χ3v) is 7.15. The van der Waals surface area contributed by atoms with Gasteiger partial charge in [0.1, 0.15) is 5.76 Å². The summed E-state index contributed by atoms with van der Waals surface area (Å²) in [5.74, 6) is 3.42. The molecule has 0 spiro atoms. The Balaban J connectivity index is 0.000000204. The minimum Gasteiger partial charge on any atom is -0.493 e. The zero-order valence-electron chi connectivity index (χ0n) is 18.2. The molecule has 0 radical (unpaired) electrons. The summed E-state index contributed by atoms with van der Waals surface area (Å²) in [4.78, 5) is 2.46. The number of ether oxygens (including phenoxy) is 2. The molecular weight excluding hydrogens is 389 g/mol. The Morgan fingerprint density at radius 1 is 1.03 bits per heavy atom. The van der Waals surface area contributed by atoms with Crippen LogP contribution in [0.5, 0.6) is 11.5 Å². The van der Waals surface area contributed by atoms with Gasteiger partial charge in [-0.15, -0.1) is 0 Å². The molecule has 4 unspecified atom stereocenters. The molecule has 2 aliphatic heterocycles. The first-order valence-electron chi connectivity index (χ1n) is 10.4. The number of rotatable bonds is 4. The van der Waals surface area contributed by atoms with Crippen LogP contribution in [0.2, 0.25) is 0 Å². The van der Waals surface area contributed by atoms with Crippen LogP contribution in [-0.2, 0) is 13.6 Å².